The van der Waals surface area contributed by atoms with Crippen molar-refractivity contribution in [3.05, 3.63) is 101 Å². The number of aliphatic hydroxyl groups is 1. The van der Waals surface area contributed by atoms with E-state index in [9.17, 15) is 14.7 Å². The molecule has 3 heterocycles. The molecule has 0 radical (unpaired) electrons. The summed E-state index contributed by atoms with van der Waals surface area (Å²) in [5, 5.41) is 11.3. The summed E-state index contributed by atoms with van der Waals surface area (Å²) in [5.74, 6) is -0.660. The Morgan fingerprint density at radius 3 is 2.61 bits per heavy atom. The molecule has 0 bridgehead atoms. The number of hydrogen-bond acceptors (Lipinski definition) is 5. The first kappa shape index (κ1) is 20.9. The predicted octanol–water partition coefficient (Wildman–Crippen LogP) is 4.07. The number of pyridine rings is 1. The van der Waals surface area contributed by atoms with Gasteiger partial charge in [-0.1, -0.05) is 30.3 Å². The minimum atomic E-state index is -0.680. The Labute approximate surface area is 192 Å². The van der Waals surface area contributed by atoms with Crippen molar-refractivity contribution in [3.63, 3.8) is 0 Å². The Kier molecular flexibility index (Phi) is 5.42. The first-order valence-electron chi connectivity index (χ1n) is 11.0. The van der Waals surface area contributed by atoms with Crippen molar-refractivity contribution in [3.8, 4) is 5.75 Å². The molecule has 6 nitrogen and oxygen atoms in total. The first-order valence-corrected chi connectivity index (χ1v) is 11.0. The number of likely N-dealkylation sites (tertiary alicyclic amines) is 1. The zero-order chi connectivity index (χ0) is 22.9. The molecule has 1 saturated heterocycles. The molecule has 2 atom stereocenters. The van der Waals surface area contributed by atoms with Crippen LogP contribution in [0, 0.1) is 0 Å². The minimum absolute atomic E-state index is 0.0674. The molecule has 1 fully saturated rings. The second-order valence-electron chi connectivity index (χ2n) is 8.46. The van der Waals surface area contributed by atoms with Gasteiger partial charge in [0.15, 0.2) is 0 Å². The van der Waals surface area contributed by atoms with Gasteiger partial charge < -0.3 is 14.7 Å². The lowest BCUT2D eigenvalue weighted by Crippen LogP contribution is -2.31. The molecule has 0 spiro atoms. The number of ketones is 1. The van der Waals surface area contributed by atoms with Crippen molar-refractivity contribution < 1.29 is 19.4 Å². The van der Waals surface area contributed by atoms with E-state index in [1.165, 1.54) is 0 Å². The molecular weight excluding hydrogens is 416 g/mol. The number of aromatic nitrogens is 1. The van der Waals surface area contributed by atoms with Crippen LogP contribution >= 0.6 is 0 Å². The van der Waals surface area contributed by atoms with E-state index in [-0.39, 0.29) is 17.4 Å². The highest BCUT2D eigenvalue weighted by molar-refractivity contribution is 6.46. The van der Waals surface area contributed by atoms with Crippen LogP contribution in [0.2, 0.25) is 0 Å². The highest BCUT2D eigenvalue weighted by Gasteiger charge is 2.45. The van der Waals surface area contributed by atoms with Crippen molar-refractivity contribution in [2.24, 2.45) is 0 Å². The Hall–Kier alpha value is -3.93. The summed E-state index contributed by atoms with van der Waals surface area (Å²) in [6, 6.07) is 18.1. The zero-order valence-corrected chi connectivity index (χ0v) is 18.3. The number of carbonyl (C=O) groups is 2. The smallest absolute Gasteiger partial charge is 0.295 e. The molecule has 2 aromatic carbocycles. The molecule has 166 valence electrons. The van der Waals surface area contributed by atoms with Gasteiger partial charge in [0.25, 0.3) is 11.7 Å². The summed E-state index contributed by atoms with van der Waals surface area (Å²) in [4.78, 5) is 31.9. The molecule has 33 heavy (non-hydrogen) atoms. The molecule has 1 amide bonds. The van der Waals surface area contributed by atoms with Crippen LogP contribution in [0.25, 0.3) is 5.76 Å². The number of Topliss-reactive ketones (excluding diaryl/α,β-unsaturated/α-hetero) is 1. The molecular formula is C27H24N2O4. The maximum atomic E-state index is 13.2. The lowest BCUT2D eigenvalue weighted by atomic mass is 9.95. The van der Waals surface area contributed by atoms with Crippen molar-refractivity contribution in [2.75, 3.05) is 6.54 Å². The Morgan fingerprint density at radius 2 is 1.85 bits per heavy atom. The molecule has 0 saturated carbocycles. The number of aliphatic hydroxyl groups excluding tert-OH is 1. The maximum Gasteiger partial charge on any atom is 0.295 e. The zero-order valence-electron chi connectivity index (χ0n) is 18.3. The molecule has 0 aliphatic carbocycles. The van der Waals surface area contributed by atoms with E-state index in [0.717, 1.165) is 28.9 Å². The van der Waals surface area contributed by atoms with Crippen molar-refractivity contribution in [1.82, 2.24) is 9.88 Å². The topological polar surface area (TPSA) is 79.7 Å². The van der Waals surface area contributed by atoms with E-state index in [1.807, 2.05) is 43.3 Å². The molecule has 3 aromatic rings. The lowest BCUT2D eigenvalue weighted by Gasteiger charge is -2.25. The predicted molar refractivity (Wildman–Crippen MR) is 124 cm³/mol. The van der Waals surface area contributed by atoms with Crippen molar-refractivity contribution in [1.29, 1.82) is 0 Å². The third-order valence-electron chi connectivity index (χ3n) is 6.22. The van der Waals surface area contributed by atoms with Gasteiger partial charge in [0.1, 0.15) is 17.6 Å². The van der Waals surface area contributed by atoms with Gasteiger partial charge in [-0.2, -0.15) is 0 Å². The standard InChI is InChI=1S/C27H24N2O4/c1-17-15-21-16-20(7-8-22(21)33-17)25(30)23-24(19-9-12-28-13-10-19)29(27(32)26(23)31)14-11-18-5-3-2-4-6-18/h2-10,12-13,16-17,24,30H,11,14-15H2,1H3/b25-23+/t17-,24-/m1/s1. The maximum absolute atomic E-state index is 13.2. The third kappa shape index (κ3) is 3.89. The summed E-state index contributed by atoms with van der Waals surface area (Å²) >= 11 is 0. The average molecular weight is 440 g/mol. The molecule has 2 aliphatic heterocycles. The quantitative estimate of drug-likeness (QED) is 0.368. The minimum Gasteiger partial charge on any atom is -0.507 e. The van der Waals surface area contributed by atoms with Crippen LogP contribution in [0.15, 0.2) is 78.6 Å². The summed E-state index contributed by atoms with van der Waals surface area (Å²) in [6.45, 7) is 2.34. The van der Waals surface area contributed by atoms with Crippen LogP contribution in [-0.4, -0.2) is 39.3 Å². The van der Waals surface area contributed by atoms with E-state index in [4.69, 9.17) is 4.74 Å². The van der Waals surface area contributed by atoms with Crippen molar-refractivity contribution >= 4 is 17.4 Å². The van der Waals surface area contributed by atoms with E-state index in [0.29, 0.717) is 18.5 Å². The number of fused-ring (bicyclic) bond motifs is 1. The number of ether oxygens (including phenoxy) is 1. The van der Waals surface area contributed by atoms with Crippen LogP contribution in [0.5, 0.6) is 5.75 Å². The van der Waals surface area contributed by atoms with Gasteiger partial charge in [-0.3, -0.25) is 14.6 Å². The van der Waals surface area contributed by atoms with Crippen molar-refractivity contribution in [2.45, 2.75) is 31.9 Å². The number of carbonyl (C=O) groups excluding carboxylic acids is 2. The fraction of sp³-hybridized carbons (Fsp3) is 0.222. The van der Waals surface area contributed by atoms with Gasteiger partial charge in [0, 0.05) is 30.9 Å². The Balaban J connectivity index is 1.56. The highest BCUT2D eigenvalue weighted by Crippen LogP contribution is 2.40. The van der Waals surface area contributed by atoms with Crippen LogP contribution in [0.3, 0.4) is 0 Å². The van der Waals surface area contributed by atoms with Gasteiger partial charge >= 0.3 is 0 Å². The number of hydrogen-bond donors (Lipinski definition) is 1. The summed E-state index contributed by atoms with van der Waals surface area (Å²) in [5.41, 5.74) is 3.39. The highest BCUT2D eigenvalue weighted by atomic mass is 16.5. The number of benzene rings is 2. The average Bonchev–Trinajstić information content (AvgIpc) is 3.34. The van der Waals surface area contributed by atoms with E-state index < -0.39 is 17.7 Å². The van der Waals surface area contributed by atoms with Gasteiger partial charge in [0.05, 0.1) is 11.6 Å². The summed E-state index contributed by atoms with van der Waals surface area (Å²) < 4.78 is 5.75. The molecule has 1 N–H and O–H groups in total. The van der Waals surface area contributed by atoms with Gasteiger partial charge in [0.2, 0.25) is 0 Å². The van der Waals surface area contributed by atoms with Crippen LogP contribution in [0.1, 0.15) is 35.2 Å². The van der Waals surface area contributed by atoms with Gasteiger partial charge in [-0.05, 0) is 60.4 Å². The third-order valence-corrected chi connectivity index (χ3v) is 6.22. The molecule has 6 heteroatoms. The van der Waals surface area contributed by atoms with E-state index in [1.54, 1.807) is 41.6 Å². The fourth-order valence-electron chi connectivity index (χ4n) is 4.62. The van der Waals surface area contributed by atoms with Gasteiger partial charge in [-0.25, -0.2) is 0 Å². The number of rotatable bonds is 5. The monoisotopic (exact) mass is 440 g/mol. The molecule has 5 rings (SSSR count). The summed E-state index contributed by atoms with van der Waals surface area (Å²) in [6.07, 6.45) is 4.65. The van der Waals surface area contributed by atoms with Crippen LogP contribution < -0.4 is 4.74 Å². The van der Waals surface area contributed by atoms with E-state index in [2.05, 4.69) is 4.98 Å². The SMILES string of the molecule is C[C@@H]1Cc2cc(/C(O)=C3\C(=O)C(=O)N(CCc4ccccc4)[C@@H]3c3ccncc3)ccc2O1. The Morgan fingerprint density at radius 1 is 1.09 bits per heavy atom. The first-order chi connectivity index (χ1) is 16.0. The second kappa shape index (κ2) is 8.54. The molecule has 0 unspecified atom stereocenters. The second-order valence-corrected chi connectivity index (χ2v) is 8.46. The fourth-order valence-corrected chi connectivity index (χ4v) is 4.62. The van der Waals surface area contributed by atoms with Crippen LogP contribution in [0.4, 0.5) is 0 Å². The van der Waals surface area contributed by atoms with Crippen LogP contribution in [-0.2, 0) is 22.4 Å². The number of nitrogens with zero attached hydrogens (tertiary/aromatic N) is 2. The largest absolute Gasteiger partial charge is 0.507 e. The molecule has 2 aliphatic rings. The normalized spacial score (nSPS) is 21.2. The lowest BCUT2D eigenvalue weighted by molar-refractivity contribution is -0.139. The van der Waals surface area contributed by atoms with E-state index >= 15 is 0 Å². The summed E-state index contributed by atoms with van der Waals surface area (Å²) in [7, 11) is 0. The Bertz CT molecular complexity index is 1240. The number of amides is 1. The molecule has 1 aromatic heterocycles. The van der Waals surface area contributed by atoms with Gasteiger partial charge in [-0.15, -0.1) is 0 Å².